The molecule has 2 bridgehead atoms. The second-order valence-electron chi connectivity index (χ2n) is 7.20. The van der Waals surface area contributed by atoms with Gasteiger partial charge < -0.3 is 15.4 Å². The van der Waals surface area contributed by atoms with Crippen LogP contribution >= 0.6 is 11.6 Å². The van der Waals surface area contributed by atoms with Gasteiger partial charge in [0.1, 0.15) is 18.2 Å². The largest absolute Gasteiger partial charge is 0.491 e. The molecule has 1 fully saturated rings. The summed E-state index contributed by atoms with van der Waals surface area (Å²) in [5, 5.41) is 11.7. The zero-order valence-electron chi connectivity index (χ0n) is 14.7. The number of anilines is 1. The Labute approximate surface area is 160 Å². The van der Waals surface area contributed by atoms with Crippen LogP contribution in [0.5, 0.6) is 5.75 Å². The number of rotatable bonds is 0. The van der Waals surface area contributed by atoms with Gasteiger partial charge in [-0.05, 0) is 50.1 Å². The number of carbonyl (C=O) groups excluding carboxylic acids is 1. The highest BCUT2D eigenvalue weighted by atomic mass is 35.5. The van der Waals surface area contributed by atoms with Crippen molar-refractivity contribution >= 4 is 29.0 Å². The maximum atomic E-state index is 12.8. The Hall–Kier alpha value is -2.80. The molecule has 0 unspecified atom stereocenters. The monoisotopic (exact) mass is 383 g/mol. The molecular weight excluding hydrogens is 366 g/mol. The van der Waals surface area contributed by atoms with E-state index in [1.165, 1.54) is 0 Å². The number of ether oxygens (including phenoxy) is 1. The Bertz CT molecular complexity index is 1060. The van der Waals surface area contributed by atoms with Gasteiger partial charge in [-0.1, -0.05) is 11.6 Å². The third kappa shape index (κ3) is 2.88. The first-order valence-electron chi connectivity index (χ1n) is 8.89. The van der Waals surface area contributed by atoms with Gasteiger partial charge >= 0.3 is 0 Å². The number of hydrogen-bond acceptors (Lipinski definition) is 5. The van der Waals surface area contributed by atoms with Gasteiger partial charge in [0.2, 0.25) is 0 Å². The molecule has 3 heterocycles. The number of carbonyl (C=O) groups is 1. The number of hydrogen-bond donors (Lipinski definition) is 2. The molecule has 1 atom stereocenters. The van der Waals surface area contributed by atoms with Crippen molar-refractivity contribution in [1.29, 1.82) is 0 Å². The van der Waals surface area contributed by atoms with Crippen LogP contribution < -0.4 is 15.4 Å². The van der Waals surface area contributed by atoms with Crippen LogP contribution in [0.1, 0.15) is 41.9 Å². The van der Waals surface area contributed by atoms with Crippen LogP contribution in [0.25, 0.3) is 5.65 Å². The molecule has 7 nitrogen and oxygen atoms in total. The van der Waals surface area contributed by atoms with Crippen molar-refractivity contribution < 1.29 is 9.53 Å². The first-order valence-corrected chi connectivity index (χ1v) is 9.27. The van der Waals surface area contributed by atoms with E-state index in [9.17, 15) is 4.79 Å². The number of fused-ring (bicyclic) bond motifs is 2. The number of nitrogens with one attached hydrogen (secondary N) is 2. The first kappa shape index (κ1) is 16.4. The third-order valence-corrected chi connectivity index (χ3v) is 5.37. The zero-order valence-corrected chi connectivity index (χ0v) is 15.5. The molecule has 2 aliphatic rings. The second kappa shape index (κ2) is 5.85. The molecule has 138 valence electrons. The summed E-state index contributed by atoms with van der Waals surface area (Å²) in [6.07, 6.45) is 3.31. The average molecular weight is 384 g/mol. The Morgan fingerprint density at radius 3 is 2.96 bits per heavy atom. The Morgan fingerprint density at radius 2 is 2.15 bits per heavy atom. The average Bonchev–Trinajstić information content (AvgIpc) is 3.27. The SMILES string of the molecule is C[C@H]1Nc2ccc3ncc(n3n2)C(=O)NC2(CC2)COc2ccc(Cl)cc21. The summed E-state index contributed by atoms with van der Waals surface area (Å²) in [6.45, 7) is 2.43. The lowest BCUT2D eigenvalue weighted by atomic mass is 10.1. The standard InChI is InChI=1S/C19H18ClN5O2/c1-11-13-8-12(20)2-3-15(13)27-10-19(6-7-19)23-18(26)14-9-21-17-5-4-16(22-11)24-25(14)17/h2-5,8-9,11H,6-7,10H2,1H3,(H,22,24)(H,23,26)/t11-/m1/s1. The van der Waals surface area contributed by atoms with Crippen molar-refractivity contribution in [3.63, 3.8) is 0 Å². The molecular formula is C19H18ClN5O2. The molecule has 1 aromatic carbocycles. The maximum Gasteiger partial charge on any atom is 0.272 e. The second-order valence-corrected chi connectivity index (χ2v) is 7.64. The lowest BCUT2D eigenvalue weighted by Crippen LogP contribution is -2.41. The molecule has 5 rings (SSSR count). The van der Waals surface area contributed by atoms with E-state index in [2.05, 4.69) is 20.7 Å². The Morgan fingerprint density at radius 1 is 1.30 bits per heavy atom. The predicted molar refractivity (Wildman–Crippen MR) is 101 cm³/mol. The summed E-state index contributed by atoms with van der Waals surface area (Å²) in [4.78, 5) is 17.1. The smallest absolute Gasteiger partial charge is 0.272 e. The van der Waals surface area contributed by atoms with Crippen molar-refractivity contribution in [2.45, 2.75) is 31.3 Å². The van der Waals surface area contributed by atoms with Crippen LogP contribution in [0, 0.1) is 0 Å². The van der Waals surface area contributed by atoms with Gasteiger partial charge in [0.25, 0.3) is 5.91 Å². The minimum absolute atomic E-state index is 0.0878. The van der Waals surface area contributed by atoms with E-state index in [1.807, 2.05) is 37.3 Å². The number of imidazole rings is 1. The van der Waals surface area contributed by atoms with Crippen LogP contribution in [-0.4, -0.2) is 32.7 Å². The van der Waals surface area contributed by atoms with Crippen LogP contribution in [-0.2, 0) is 0 Å². The number of halogens is 1. The quantitative estimate of drug-likeness (QED) is 0.623. The van der Waals surface area contributed by atoms with Gasteiger partial charge in [0.15, 0.2) is 11.3 Å². The molecule has 2 aromatic heterocycles. The van der Waals surface area contributed by atoms with Gasteiger partial charge in [-0.2, -0.15) is 0 Å². The van der Waals surface area contributed by atoms with E-state index in [0.29, 0.717) is 28.8 Å². The number of aromatic nitrogens is 3. The summed E-state index contributed by atoms with van der Waals surface area (Å²) >= 11 is 6.22. The van der Waals surface area contributed by atoms with Gasteiger partial charge in [-0.3, -0.25) is 4.79 Å². The van der Waals surface area contributed by atoms with E-state index < -0.39 is 0 Å². The van der Waals surface area contributed by atoms with Gasteiger partial charge in [-0.15, -0.1) is 5.10 Å². The summed E-state index contributed by atoms with van der Waals surface area (Å²) in [7, 11) is 0. The predicted octanol–water partition coefficient (Wildman–Crippen LogP) is 3.21. The molecule has 1 amide bonds. The fourth-order valence-electron chi connectivity index (χ4n) is 3.37. The molecule has 2 N–H and O–H groups in total. The van der Waals surface area contributed by atoms with Crippen LogP contribution in [0.15, 0.2) is 36.5 Å². The molecule has 0 saturated heterocycles. The fourth-order valence-corrected chi connectivity index (χ4v) is 3.55. The minimum Gasteiger partial charge on any atom is -0.491 e. The molecule has 1 saturated carbocycles. The van der Waals surface area contributed by atoms with E-state index >= 15 is 0 Å². The van der Waals surface area contributed by atoms with Crippen molar-refractivity contribution in [2.24, 2.45) is 0 Å². The van der Waals surface area contributed by atoms with Gasteiger partial charge in [0.05, 0.1) is 17.8 Å². The van der Waals surface area contributed by atoms with Crippen LogP contribution in [0.2, 0.25) is 5.02 Å². The van der Waals surface area contributed by atoms with E-state index in [4.69, 9.17) is 16.3 Å². The molecule has 27 heavy (non-hydrogen) atoms. The summed E-state index contributed by atoms with van der Waals surface area (Å²) in [6, 6.07) is 9.17. The van der Waals surface area contributed by atoms with Gasteiger partial charge in [0, 0.05) is 10.6 Å². The highest BCUT2D eigenvalue weighted by Gasteiger charge is 2.45. The minimum atomic E-state index is -0.347. The number of nitrogens with zero attached hydrogens (tertiary/aromatic N) is 3. The van der Waals surface area contributed by atoms with Crippen molar-refractivity contribution in [1.82, 2.24) is 19.9 Å². The summed E-state index contributed by atoms with van der Waals surface area (Å²) in [5.74, 6) is 1.19. The van der Waals surface area contributed by atoms with Crippen molar-refractivity contribution in [2.75, 3.05) is 11.9 Å². The lowest BCUT2D eigenvalue weighted by molar-refractivity contribution is 0.0905. The van der Waals surface area contributed by atoms with E-state index in [0.717, 1.165) is 24.2 Å². The zero-order chi connectivity index (χ0) is 18.6. The number of amides is 1. The number of benzene rings is 1. The van der Waals surface area contributed by atoms with Crippen LogP contribution in [0.4, 0.5) is 5.82 Å². The molecule has 3 aromatic rings. The maximum absolute atomic E-state index is 12.8. The topological polar surface area (TPSA) is 80.5 Å². The van der Waals surface area contributed by atoms with E-state index in [-0.39, 0.29) is 17.5 Å². The third-order valence-electron chi connectivity index (χ3n) is 5.13. The summed E-state index contributed by atoms with van der Waals surface area (Å²) in [5.41, 5.74) is 1.63. The summed E-state index contributed by atoms with van der Waals surface area (Å²) < 4.78 is 7.68. The molecule has 0 radical (unpaired) electrons. The molecule has 1 spiro atoms. The van der Waals surface area contributed by atoms with Crippen LogP contribution in [0.3, 0.4) is 0 Å². The molecule has 8 heteroatoms. The Balaban J connectivity index is 1.63. The highest BCUT2D eigenvalue weighted by Crippen LogP contribution is 2.38. The highest BCUT2D eigenvalue weighted by molar-refractivity contribution is 6.30. The Kier molecular flexibility index (Phi) is 3.55. The normalized spacial score (nSPS) is 20.7. The van der Waals surface area contributed by atoms with Crippen molar-refractivity contribution in [3.8, 4) is 5.75 Å². The van der Waals surface area contributed by atoms with E-state index in [1.54, 1.807) is 10.7 Å². The lowest BCUT2D eigenvalue weighted by Gasteiger charge is -2.21. The first-order chi connectivity index (χ1) is 13.0. The molecule has 1 aliphatic carbocycles. The molecule has 1 aliphatic heterocycles. The van der Waals surface area contributed by atoms with Crippen molar-refractivity contribution in [3.05, 3.63) is 52.8 Å². The fraction of sp³-hybridized carbons (Fsp3) is 0.316. The van der Waals surface area contributed by atoms with Gasteiger partial charge in [-0.25, -0.2) is 9.50 Å².